The zero-order valence-electron chi connectivity index (χ0n) is 9.33. The van der Waals surface area contributed by atoms with Gasteiger partial charge in [-0.1, -0.05) is 19.9 Å². The van der Waals surface area contributed by atoms with Gasteiger partial charge >= 0.3 is 5.97 Å². The number of carboxylic acid groups (broad SMARTS) is 1. The molecule has 0 aliphatic heterocycles. The van der Waals surface area contributed by atoms with Crippen molar-refractivity contribution >= 4 is 17.7 Å². The van der Waals surface area contributed by atoms with E-state index in [4.69, 9.17) is 5.11 Å². The second-order valence-corrected chi connectivity index (χ2v) is 4.59. The molecule has 0 saturated heterocycles. The van der Waals surface area contributed by atoms with Crippen molar-refractivity contribution in [2.24, 2.45) is 0 Å². The lowest BCUT2D eigenvalue weighted by atomic mass is 10.0. The van der Waals surface area contributed by atoms with Crippen molar-refractivity contribution in [1.82, 2.24) is 0 Å². The van der Waals surface area contributed by atoms with Crippen molar-refractivity contribution in [3.63, 3.8) is 0 Å². The molecule has 15 heavy (non-hydrogen) atoms. The van der Waals surface area contributed by atoms with E-state index in [9.17, 15) is 4.79 Å². The average molecular weight is 224 g/mol. The first-order chi connectivity index (χ1) is 7.11. The van der Waals surface area contributed by atoms with Crippen LogP contribution in [0.1, 0.15) is 35.3 Å². The summed E-state index contributed by atoms with van der Waals surface area (Å²) in [5, 5.41) is 9.01. The molecule has 0 fully saturated rings. The predicted octanol–water partition coefficient (Wildman–Crippen LogP) is 3.37. The quantitative estimate of drug-likeness (QED) is 0.797. The molecular weight excluding hydrogens is 208 g/mol. The summed E-state index contributed by atoms with van der Waals surface area (Å²) in [6.45, 7) is 6.06. The number of hydrogen-bond acceptors (Lipinski definition) is 2. The van der Waals surface area contributed by atoms with E-state index in [0.29, 0.717) is 5.56 Å². The Hall–Kier alpha value is -0.960. The summed E-state index contributed by atoms with van der Waals surface area (Å²) < 4.78 is 0. The maximum atomic E-state index is 11.0. The summed E-state index contributed by atoms with van der Waals surface area (Å²) in [6, 6.07) is 3.63. The molecule has 0 unspecified atom stereocenters. The van der Waals surface area contributed by atoms with Crippen LogP contribution < -0.4 is 0 Å². The topological polar surface area (TPSA) is 37.3 Å². The van der Waals surface area contributed by atoms with Crippen molar-refractivity contribution in [2.75, 3.05) is 5.75 Å². The molecule has 1 aromatic carbocycles. The summed E-state index contributed by atoms with van der Waals surface area (Å²) in [5.74, 6) is 0.129. The summed E-state index contributed by atoms with van der Waals surface area (Å²) in [6.07, 6.45) is 0.947. The lowest BCUT2D eigenvalue weighted by molar-refractivity contribution is 0.0696. The van der Waals surface area contributed by atoms with E-state index in [1.807, 2.05) is 13.0 Å². The number of hydrogen-bond donors (Lipinski definition) is 1. The first kappa shape index (κ1) is 12.1. The highest BCUT2D eigenvalue weighted by atomic mass is 32.2. The highest BCUT2D eigenvalue weighted by Crippen LogP contribution is 2.29. The predicted molar refractivity (Wildman–Crippen MR) is 63.9 cm³/mol. The molecule has 0 aliphatic carbocycles. The Morgan fingerprint density at radius 3 is 2.53 bits per heavy atom. The van der Waals surface area contributed by atoms with E-state index in [1.54, 1.807) is 17.8 Å². The number of carbonyl (C=O) groups is 1. The molecule has 0 radical (unpaired) electrons. The van der Waals surface area contributed by atoms with E-state index in [2.05, 4.69) is 13.8 Å². The Labute approximate surface area is 94.7 Å². The van der Waals surface area contributed by atoms with Gasteiger partial charge < -0.3 is 5.11 Å². The first-order valence-corrected chi connectivity index (χ1v) is 6.08. The maximum absolute atomic E-state index is 11.0. The van der Waals surface area contributed by atoms with Gasteiger partial charge in [-0.2, -0.15) is 0 Å². The highest BCUT2D eigenvalue weighted by molar-refractivity contribution is 7.99. The number of carboxylic acids is 1. The van der Waals surface area contributed by atoms with Crippen molar-refractivity contribution in [2.45, 2.75) is 32.1 Å². The number of rotatable bonds is 4. The van der Waals surface area contributed by atoms with Gasteiger partial charge in [0.15, 0.2) is 0 Å². The lowest BCUT2D eigenvalue weighted by Crippen LogP contribution is -2.02. The van der Waals surface area contributed by atoms with Crippen molar-refractivity contribution in [3.05, 3.63) is 28.8 Å². The fourth-order valence-corrected chi connectivity index (χ4v) is 2.62. The lowest BCUT2D eigenvalue weighted by Gasteiger charge is -2.12. The van der Waals surface area contributed by atoms with E-state index in [-0.39, 0.29) is 0 Å². The fraction of sp³-hybridized carbons (Fsp3) is 0.417. The van der Waals surface area contributed by atoms with Gasteiger partial charge in [-0.05, 0) is 36.3 Å². The van der Waals surface area contributed by atoms with Crippen LogP contribution in [0.15, 0.2) is 17.0 Å². The Morgan fingerprint density at radius 2 is 2.07 bits per heavy atom. The summed E-state index contributed by atoms with van der Waals surface area (Å²) in [5.41, 5.74) is 2.56. The van der Waals surface area contributed by atoms with Crippen LogP contribution in [0.4, 0.5) is 0 Å². The number of aryl methyl sites for hydroxylation is 1. The smallest absolute Gasteiger partial charge is 0.335 e. The minimum Gasteiger partial charge on any atom is -0.478 e. The van der Waals surface area contributed by atoms with Crippen LogP contribution in [0.2, 0.25) is 0 Å². The van der Waals surface area contributed by atoms with Gasteiger partial charge in [-0.15, -0.1) is 11.8 Å². The van der Waals surface area contributed by atoms with Gasteiger partial charge in [0, 0.05) is 4.90 Å². The molecule has 0 spiro atoms. The van der Waals surface area contributed by atoms with Gasteiger partial charge in [-0.25, -0.2) is 4.79 Å². The molecule has 3 heteroatoms. The minimum atomic E-state index is -0.840. The molecule has 1 rings (SSSR count). The van der Waals surface area contributed by atoms with Crippen LogP contribution in [0.25, 0.3) is 0 Å². The Balaban J connectivity index is 3.28. The molecule has 0 amide bonds. The largest absolute Gasteiger partial charge is 0.478 e. The molecule has 0 aromatic heterocycles. The Bertz CT molecular complexity index is 372. The maximum Gasteiger partial charge on any atom is 0.335 e. The van der Waals surface area contributed by atoms with Crippen LogP contribution in [0.5, 0.6) is 0 Å². The molecule has 2 nitrogen and oxygen atoms in total. The molecule has 0 bridgehead atoms. The van der Waals surface area contributed by atoms with E-state index < -0.39 is 5.97 Å². The second-order valence-electron chi connectivity index (χ2n) is 3.32. The average Bonchev–Trinajstić information content (AvgIpc) is 2.20. The summed E-state index contributed by atoms with van der Waals surface area (Å²) >= 11 is 1.72. The van der Waals surface area contributed by atoms with Gasteiger partial charge in [0.2, 0.25) is 0 Å². The Morgan fingerprint density at radius 1 is 1.40 bits per heavy atom. The zero-order valence-corrected chi connectivity index (χ0v) is 10.1. The SMILES string of the molecule is CCSc1c(CC)ccc(C(=O)O)c1C. The van der Waals surface area contributed by atoms with E-state index >= 15 is 0 Å². The minimum absolute atomic E-state index is 0.420. The standard InChI is InChI=1S/C12H16O2S/c1-4-9-6-7-10(12(13)14)8(3)11(9)15-5-2/h6-7H,4-5H2,1-3H3,(H,13,14). The Kier molecular flexibility index (Phi) is 4.21. The van der Waals surface area contributed by atoms with Crippen molar-refractivity contribution < 1.29 is 9.90 Å². The zero-order chi connectivity index (χ0) is 11.4. The molecule has 1 aromatic rings. The molecule has 0 heterocycles. The fourth-order valence-electron chi connectivity index (χ4n) is 1.60. The van der Waals surface area contributed by atoms with Crippen molar-refractivity contribution in [3.8, 4) is 0 Å². The van der Waals surface area contributed by atoms with E-state index in [0.717, 1.165) is 22.6 Å². The van der Waals surface area contributed by atoms with Gasteiger partial charge in [0.05, 0.1) is 5.56 Å². The monoisotopic (exact) mass is 224 g/mol. The molecule has 0 saturated carbocycles. The second kappa shape index (κ2) is 5.21. The van der Waals surface area contributed by atoms with Gasteiger partial charge in [0.1, 0.15) is 0 Å². The third-order valence-electron chi connectivity index (χ3n) is 2.39. The van der Waals surface area contributed by atoms with Crippen molar-refractivity contribution in [1.29, 1.82) is 0 Å². The van der Waals surface area contributed by atoms with Crippen LogP contribution in [0.3, 0.4) is 0 Å². The molecule has 82 valence electrons. The van der Waals surface area contributed by atoms with Crippen LogP contribution in [0, 0.1) is 6.92 Å². The number of aromatic carboxylic acids is 1. The first-order valence-electron chi connectivity index (χ1n) is 5.10. The highest BCUT2D eigenvalue weighted by Gasteiger charge is 2.13. The molecule has 1 N–H and O–H groups in total. The van der Waals surface area contributed by atoms with E-state index in [1.165, 1.54) is 5.56 Å². The third kappa shape index (κ3) is 2.53. The summed E-state index contributed by atoms with van der Waals surface area (Å²) in [7, 11) is 0. The van der Waals surface area contributed by atoms with Crippen LogP contribution >= 0.6 is 11.8 Å². The third-order valence-corrected chi connectivity index (χ3v) is 3.53. The van der Waals surface area contributed by atoms with Gasteiger partial charge in [-0.3, -0.25) is 0 Å². The molecular formula is C12H16O2S. The van der Waals surface area contributed by atoms with Gasteiger partial charge in [0.25, 0.3) is 0 Å². The summed E-state index contributed by atoms with van der Waals surface area (Å²) in [4.78, 5) is 12.1. The normalized spacial score (nSPS) is 10.3. The van der Waals surface area contributed by atoms with Crippen LogP contribution in [-0.4, -0.2) is 16.8 Å². The van der Waals surface area contributed by atoms with Crippen LogP contribution in [-0.2, 0) is 6.42 Å². The molecule has 0 aliphatic rings. The molecule has 0 atom stereocenters. The number of benzene rings is 1. The number of thioether (sulfide) groups is 1.